The highest BCUT2D eigenvalue weighted by Gasteiger charge is 2.37. The molecular formula is C59H37F6N3. The van der Waals surface area contributed by atoms with E-state index >= 15 is 0 Å². The van der Waals surface area contributed by atoms with Gasteiger partial charge in [0, 0.05) is 32.7 Å². The fraction of sp³-hybridized carbons (Fsp3) is 0.0678. The van der Waals surface area contributed by atoms with Crippen molar-refractivity contribution in [2.75, 3.05) is 0 Å². The predicted molar refractivity (Wildman–Crippen MR) is 261 cm³/mol. The molecule has 0 aliphatic carbocycles. The van der Waals surface area contributed by atoms with Crippen LogP contribution in [0.3, 0.4) is 0 Å². The van der Waals surface area contributed by atoms with Crippen molar-refractivity contribution in [2.45, 2.75) is 26.2 Å². The molecule has 330 valence electrons. The Balaban J connectivity index is 1.24. The lowest BCUT2D eigenvalue weighted by Crippen LogP contribution is -2.11. The van der Waals surface area contributed by atoms with E-state index in [9.17, 15) is 31.6 Å². The van der Waals surface area contributed by atoms with Crippen LogP contribution in [0.5, 0.6) is 0 Å². The summed E-state index contributed by atoms with van der Waals surface area (Å²) < 4.78 is 90.5. The topological polar surface area (TPSA) is 33.6 Å². The highest BCUT2D eigenvalue weighted by Crippen LogP contribution is 2.46. The first-order valence-electron chi connectivity index (χ1n) is 21.9. The molecule has 2 aromatic heterocycles. The summed E-state index contributed by atoms with van der Waals surface area (Å²) in [6, 6.07) is 59.1. The van der Waals surface area contributed by atoms with Crippen molar-refractivity contribution in [3.63, 3.8) is 0 Å². The monoisotopic (exact) mass is 901 g/mol. The largest absolute Gasteiger partial charge is 0.416 e. The van der Waals surface area contributed by atoms with Crippen molar-refractivity contribution >= 4 is 43.6 Å². The molecule has 0 aliphatic rings. The zero-order chi connectivity index (χ0) is 47.1. The quantitative estimate of drug-likeness (QED) is 0.153. The molecule has 0 amide bonds. The summed E-state index contributed by atoms with van der Waals surface area (Å²) in [5.41, 5.74) is 8.91. The van der Waals surface area contributed by atoms with Gasteiger partial charge < -0.3 is 9.13 Å². The smallest absolute Gasteiger partial charge is 0.309 e. The minimum absolute atomic E-state index is 0.103. The minimum Gasteiger partial charge on any atom is -0.309 e. The first-order chi connectivity index (χ1) is 32.7. The summed E-state index contributed by atoms with van der Waals surface area (Å²) in [5.74, 6) is 0. The summed E-state index contributed by atoms with van der Waals surface area (Å²) in [7, 11) is 0. The van der Waals surface area contributed by atoms with Crippen molar-refractivity contribution < 1.29 is 26.3 Å². The number of benzene rings is 9. The summed E-state index contributed by atoms with van der Waals surface area (Å²) in [6.07, 6.45) is -10.1. The molecule has 0 spiro atoms. The van der Waals surface area contributed by atoms with E-state index in [0.717, 1.165) is 89.1 Å². The molecule has 0 saturated heterocycles. The van der Waals surface area contributed by atoms with Crippen LogP contribution in [-0.2, 0) is 12.4 Å². The molecule has 11 aromatic rings. The first kappa shape index (κ1) is 42.3. The number of hydrogen-bond donors (Lipinski definition) is 0. The number of alkyl halides is 6. The van der Waals surface area contributed by atoms with E-state index in [1.807, 2.05) is 111 Å². The number of halogens is 6. The Labute approximate surface area is 387 Å². The van der Waals surface area contributed by atoms with Crippen molar-refractivity contribution in [3.05, 3.63) is 216 Å². The number of para-hydroxylation sites is 2. The number of nitrogens with zero attached hydrogens (tertiary/aromatic N) is 3. The Bertz CT molecular complexity index is 3850. The predicted octanol–water partition coefficient (Wildman–Crippen LogP) is 17.1. The molecule has 3 nitrogen and oxygen atoms in total. The van der Waals surface area contributed by atoms with E-state index in [0.29, 0.717) is 22.5 Å². The van der Waals surface area contributed by atoms with Gasteiger partial charge in [-0.25, -0.2) is 0 Å². The maximum absolute atomic E-state index is 14.4. The molecule has 0 saturated carbocycles. The van der Waals surface area contributed by atoms with Crippen LogP contribution in [-0.4, -0.2) is 9.13 Å². The van der Waals surface area contributed by atoms with E-state index in [-0.39, 0.29) is 22.8 Å². The van der Waals surface area contributed by atoms with Crippen LogP contribution >= 0.6 is 0 Å². The Morgan fingerprint density at radius 3 is 1.35 bits per heavy atom. The van der Waals surface area contributed by atoms with Gasteiger partial charge >= 0.3 is 12.4 Å². The molecule has 0 radical (unpaired) electrons. The fourth-order valence-electron chi connectivity index (χ4n) is 9.81. The van der Waals surface area contributed by atoms with Gasteiger partial charge in [-0.15, -0.1) is 0 Å². The molecule has 0 N–H and O–H groups in total. The number of aromatic nitrogens is 2. The first-order valence-corrected chi connectivity index (χ1v) is 21.9. The zero-order valence-electron chi connectivity index (χ0n) is 36.5. The average Bonchev–Trinajstić information content (AvgIpc) is 3.85. The van der Waals surface area contributed by atoms with Gasteiger partial charge in [0.05, 0.1) is 56.2 Å². The average molecular weight is 902 g/mol. The Morgan fingerprint density at radius 1 is 0.382 bits per heavy atom. The third-order valence-corrected chi connectivity index (χ3v) is 12.9. The van der Waals surface area contributed by atoms with Gasteiger partial charge in [-0.3, -0.25) is 0 Å². The van der Waals surface area contributed by atoms with E-state index in [4.69, 9.17) is 0 Å². The minimum atomic E-state index is -5.06. The number of rotatable bonds is 6. The molecule has 0 atom stereocenters. The van der Waals surface area contributed by atoms with Crippen LogP contribution in [0.4, 0.5) is 26.3 Å². The van der Waals surface area contributed by atoms with Gasteiger partial charge in [0.1, 0.15) is 0 Å². The lowest BCUT2D eigenvalue weighted by molar-refractivity contribution is -0.143. The number of fused-ring (bicyclic) bond motifs is 6. The van der Waals surface area contributed by atoms with Crippen molar-refractivity contribution in [1.29, 1.82) is 5.26 Å². The fourth-order valence-corrected chi connectivity index (χ4v) is 9.81. The van der Waals surface area contributed by atoms with Crippen LogP contribution < -0.4 is 0 Å². The Kier molecular flexibility index (Phi) is 9.90. The summed E-state index contributed by atoms with van der Waals surface area (Å²) >= 11 is 0. The van der Waals surface area contributed by atoms with E-state index < -0.39 is 23.5 Å². The van der Waals surface area contributed by atoms with E-state index in [1.165, 1.54) is 0 Å². The van der Waals surface area contributed by atoms with Gasteiger partial charge in [-0.2, -0.15) is 31.6 Å². The van der Waals surface area contributed by atoms with Gasteiger partial charge in [-0.05, 0) is 126 Å². The molecule has 0 unspecified atom stereocenters. The van der Waals surface area contributed by atoms with Crippen molar-refractivity contribution in [1.82, 2.24) is 9.13 Å². The molecule has 11 rings (SSSR count). The van der Waals surface area contributed by atoms with Crippen LogP contribution in [0.25, 0.3) is 99.5 Å². The highest BCUT2D eigenvalue weighted by molar-refractivity contribution is 6.13. The van der Waals surface area contributed by atoms with Crippen molar-refractivity contribution in [3.8, 4) is 62.0 Å². The second-order valence-corrected chi connectivity index (χ2v) is 17.2. The zero-order valence-corrected chi connectivity index (χ0v) is 36.5. The summed E-state index contributed by atoms with van der Waals surface area (Å²) in [6.45, 7) is 4.09. The maximum atomic E-state index is 14.4. The number of hydrogen-bond acceptors (Lipinski definition) is 1. The van der Waals surface area contributed by atoms with Crippen LogP contribution in [0, 0.1) is 25.2 Å². The van der Waals surface area contributed by atoms with Gasteiger partial charge in [0.2, 0.25) is 0 Å². The molecule has 2 heterocycles. The maximum Gasteiger partial charge on any atom is 0.416 e. The van der Waals surface area contributed by atoms with Gasteiger partial charge in [-0.1, -0.05) is 120 Å². The Morgan fingerprint density at radius 2 is 0.838 bits per heavy atom. The van der Waals surface area contributed by atoms with Crippen molar-refractivity contribution in [2.24, 2.45) is 0 Å². The second-order valence-electron chi connectivity index (χ2n) is 17.2. The van der Waals surface area contributed by atoms with Crippen LogP contribution in [0.15, 0.2) is 188 Å². The third-order valence-electron chi connectivity index (χ3n) is 12.9. The molecule has 0 fully saturated rings. The molecule has 9 aromatic carbocycles. The number of nitriles is 1. The van der Waals surface area contributed by atoms with E-state index in [2.05, 4.69) is 57.7 Å². The van der Waals surface area contributed by atoms with E-state index in [1.54, 1.807) is 30.3 Å². The van der Waals surface area contributed by atoms with Crippen LogP contribution in [0.1, 0.15) is 27.8 Å². The van der Waals surface area contributed by atoms with Gasteiger partial charge in [0.15, 0.2) is 0 Å². The second kappa shape index (κ2) is 15.9. The lowest BCUT2D eigenvalue weighted by Gasteiger charge is -2.21. The van der Waals surface area contributed by atoms with Gasteiger partial charge in [0.25, 0.3) is 0 Å². The summed E-state index contributed by atoms with van der Waals surface area (Å²) in [5, 5.41) is 14.8. The number of aryl methyl sites for hydroxylation is 2. The van der Waals surface area contributed by atoms with Crippen LogP contribution in [0.2, 0.25) is 0 Å². The normalized spacial score (nSPS) is 12.1. The molecule has 0 aliphatic heterocycles. The highest BCUT2D eigenvalue weighted by atomic mass is 19.4. The third kappa shape index (κ3) is 7.17. The molecule has 0 bridgehead atoms. The molecular weight excluding hydrogens is 865 g/mol. The standard InChI is InChI=1S/C59H37F6N3/c1-35-10-7-12-37(26-35)39-20-23-53-48(30-39)46-15-3-5-17-51(46)67(53)55-25-22-41(43-28-44(58(60,61)62)33-45(29-43)59(63,64)65)32-50(55)57-42(34-66)14-9-19-56(57)68-52-18-6-4-16-47(52)49-31-40(21-24-54(49)68)38-13-8-11-36(2)27-38/h3-33H,1-2H3. The summed E-state index contributed by atoms with van der Waals surface area (Å²) in [4.78, 5) is 0. The molecule has 9 heteroatoms. The molecule has 68 heavy (non-hydrogen) atoms. The SMILES string of the molecule is Cc1cccc(-c2ccc3c(c2)c2ccccc2n3-c2ccc(-c3cc(C(F)(F)F)cc(C(F)(F)F)c3)cc2-c2c(C#N)cccc2-n2c3ccccc3c3cc(-c4cccc(C)c4)ccc32)c1. The lowest BCUT2D eigenvalue weighted by atomic mass is 9.91. The Hall–Kier alpha value is -8.35.